The van der Waals surface area contributed by atoms with Gasteiger partial charge in [-0.3, -0.25) is 0 Å². The first-order valence-corrected chi connectivity index (χ1v) is 6.16. The molecule has 0 aliphatic carbocycles. The molecule has 6 nitrogen and oxygen atoms in total. The molecule has 2 aromatic rings. The second-order valence-electron chi connectivity index (χ2n) is 2.64. The lowest BCUT2D eigenvalue weighted by atomic mass is 10.5. The molecule has 0 radical (unpaired) electrons. The van der Waals surface area contributed by atoms with Crippen molar-refractivity contribution in [2.24, 2.45) is 0 Å². The van der Waals surface area contributed by atoms with Gasteiger partial charge in [0.2, 0.25) is 0 Å². The Hall–Kier alpha value is -1.47. The predicted molar refractivity (Wildman–Crippen MR) is 52.2 cm³/mol. The Kier molecular flexibility index (Phi) is 2.41. The first kappa shape index (κ1) is 10.1. The van der Waals surface area contributed by atoms with Crippen molar-refractivity contribution in [2.75, 3.05) is 0 Å². The van der Waals surface area contributed by atoms with E-state index in [2.05, 4.69) is 15.3 Å². The molecule has 0 saturated heterocycles. The summed E-state index contributed by atoms with van der Waals surface area (Å²) >= 11 is 0. The van der Waals surface area contributed by atoms with Crippen molar-refractivity contribution in [1.29, 1.82) is 0 Å². The summed E-state index contributed by atoms with van der Waals surface area (Å²) in [6.45, 7) is 0. The van der Waals surface area contributed by atoms with Crippen LogP contribution in [-0.2, 0) is 9.05 Å². The maximum Gasteiger partial charge on any atom is 0.264 e. The maximum atomic E-state index is 11.0. The molecule has 15 heavy (non-hydrogen) atoms. The van der Waals surface area contributed by atoms with Crippen molar-refractivity contribution < 1.29 is 8.42 Å². The van der Waals surface area contributed by atoms with Crippen molar-refractivity contribution in [1.82, 2.24) is 20.0 Å². The highest BCUT2D eigenvalue weighted by atomic mass is 35.7. The molecule has 0 aliphatic heterocycles. The first-order chi connectivity index (χ1) is 7.07. The van der Waals surface area contributed by atoms with Crippen LogP contribution in [0.5, 0.6) is 0 Å². The van der Waals surface area contributed by atoms with E-state index in [-0.39, 0.29) is 4.90 Å². The zero-order chi connectivity index (χ0) is 10.9. The maximum absolute atomic E-state index is 11.0. The molecule has 0 fully saturated rings. The molecule has 0 saturated carbocycles. The van der Waals surface area contributed by atoms with Crippen LogP contribution in [0.2, 0.25) is 0 Å². The lowest BCUT2D eigenvalue weighted by Crippen LogP contribution is -1.98. The summed E-state index contributed by atoms with van der Waals surface area (Å²) in [4.78, 5) is -0.0742. The molecular weight excluding hydrogens is 240 g/mol. The highest BCUT2D eigenvalue weighted by molar-refractivity contribution is 8.13. The minimum Gasteiger partial charge on any atom is -0.219 e. The summed E-state index contributed by atoms with van der Waals surface area (Å²) in [5, 5.41) is 11.2. The average Bonchev–Trinajstić information content (AvgIpc) is 2.67. The van der Waals surface area contributed by atoms with Gasteiger partial charge in [-0.05, 0) is 12.1 Å². The Balaban J connectivity index is 2.46. The van der Waals surface area contributed by atoms with Crippen molar-refractivity contribution >= 4 is 19.7 Å². The Morgan fingerprint density at radius 3 is 2.73 bits per heavy atom. The molecule has 78 valence electrons. The SMILES string of the molecule is O=S(=O)(Cl)c1cnn(-c2cccnn2)c1. The molecule has 2 aromatic heterocycles. The predicted octanol–water partition coefficient (Wildman–Crippen LogP) is 0.590. The fourth-order valence-electron chi connectivity index (χ4n) is 0.973. The van der Waals surface area contributed by atoms with Crippen LogP contribution < -0.4 is 0 Å². The monoisotopic (exact) mass is 244 g/mol. The minimum absolute atomic E-state index is 0.0742. The smallest absolute Gasteiger partial charge is 0.219 e. The van der Waals surface area contributed by atoms with Crippen LogP contribution in [0.15, 0.2) is 35.6 Å². The van der Waals surface area contributed by atoms with E-state index >= 15 is 0 Å². The number of hydrogen-bond donors (Lipinski definition) is 0. The summed E-state index contributed by atoms with van der Waals surface area (Å²) in [6, 6.07) is 3.31. The highest BCUT2D eigenvalue weighted by Crippen LogP contribution is 2.14. The lowest BCUT2D eigenvalue weighted by molar-refractivity contribution is 0.609. The van der Waals surface area contributed by atoms with Crippen LogP contribution in [-0.4, -0.2) is 28.4 Å². The molecule has 0 aromatic carbocycles. The van der Waals surface area contributed by atoms with Crippen LogP contribution in [0.25, 0.3) is 5.82 Å². The Bertz CT molecular complexity index is 566. The molecule has 0 aliphatic rings. The summed E-state index contributed by atoms with van der Waals surface area (Å²) < 4.78 is 23.2. The highest BCUT2D eigenvalue weighted by Gasteiger charge is 2.13. The third kappa shape index (κ3) is 2.13. The molecule has 0 amide bonds. The number of rotatable bonds is 2. The number of aromatic nitrogens is 4. The molecule has 0 unspecified atom stereocenters. The average molecular weight is 245 g/mol. The minimum atomic E-state index is -3.75. The Morgan fingerprint density at radius 2 is 2.20 bits per heavy atom. The van der Waals surface area contributed by atoms with Gasteiger partial charge in [0, 0.05) is 16.9 Å². The van der Waals surface area contributed by atoms with E-state index in [1.54, 1.807) is 12.1 Å². The van der Waals surface area contributed by atoms with Crippen molar-refractivity contribution in [3.05, 3.63) is 30.7 Å². The van der Waals surface area contributed by atoms with Crippen LogP contribution >= 0.6 is 10.7 Å². The third-order valence-corrected chi connectivity index (χ3v) is 2.94. The first-order valence-electron chi connectivity index (χ1n) is 3.85. The van der Waals surface area contributed by atoms with E-state index in [9.17, 15) is 8.42 Å². The Morgan fingerprint density at radius 1 is 1.40 bits per heavy atom. The van der Waals surface area contributed by atoms with Gasteiger partial charge >= 0.3 is 0 Å². The van der Waals surface area contributed by atoms with Gasteiger partial charge < -0.3 is 0 Å². The Labute approximate surface area is 89.9 Å². The van der Waals surface area contributed by atoms with E-state index < -0.39 is 9.05 Å². The van der Waals surface area contributed by atoms with Crippen molar-refractivity contribution in [3.63, 3.8) is 0 Å². The van der Waals surface area contributed by atoms with Gasteiger partial charge in [0.25, 0.3) is 9.05 Å². The van der Waals surface area contributed by atoms with E-state index in [0.717, 1.165) is 6.20 Å². The van der Waals surface area contributed by atoms with Gasteiger partial charge in [-0.1, -0.05) is 0 Å². The summed E-state index contributed by atoms with van der Waals surface area (Å²) in [6.07, 6.45) is 3.93. The molecule has 0 spiro atoms. The quantitative estimate of drug-likeness (QED) is 0.723. The van der Waals surface area contributed by atoms with E-state index in [4.69, 9.17) is 10.7 Å². The van der Waals surface area contributed by atoms with E-state index in [1.165, 1.54) is 17.1 Å². The molecule has 2 heterocycles. The molecule has 0 bridgehead atoms. The topological polar surface area (TPSA) is 77.7 Å². The number of hydrogen-bond acceptors (Lipinski definition) is 5. The van der Waals surface area contributed by atoms with Gasteiger partial charge in [-0.25, -0.2) is 13.1 Å². The van der Waals surface area contributed by atoms with Gasteiger partial charge in [0.15, 0.2) is 5.82 Å². The zero-order valence-electron chi connectivity index (χ0n) is 7.28. The zero-order valence-corrected chi connectivity index (χ0v) is 8.85. The van der Waals surface area contributed by atoms with E-state index in [0.29, 0.717) is 5.82 Å². The molecular formula is C7H5ClN4O2S. The largest absolute Gasteiger partial charge is 0.264 e. The van der Waals surface area contributed by atoms with Crippen molar-refractivity contribution in [3.8, 4) is 5.82 Å². The normalized spacial score (nSPS) is 11.5. The van der Waals surface area contributed by atoms with Crippen molar-refractivity contribution in [2.45, 2.75) is 4.90 Å². The second kappa shape index (κ2) is 3.59. The fourth-order valence-corrected chi connectivity index (χ4v) is 1.61. The second-order valence-corrected chi connectivity index (χ2v) is 5.21. The number of nitrogens with zero attached hydrogens (tertiary/aromatic N) is 4. The van der Waals surface area contributed by atoms with E-state index in [1.807, 2.05) is 0 Å². The molecule has 2 rings (SSSR count). The third-order valence-electron chi connectivity index (χ3n) is 1.63. The van der Waals surface area contributed by atoms with Crippen LogP contribution in [0.4, 0.5) is 0 Å². The van der Waals surface area contributed by atoms with Gasteiger partial charge in [0.1, 0.15) is 4.90 Å². The van der Waals surface area contributed by atoms with Gasteiger partial charge in [-0.15, -0.1) is 5.10 Å². The molecule has 0 atom stereocenters. The molecule has 0 N–H and O–H groups in total. The summed E-state index contributed by atoms with van der Waals surface area (Å²) in [5.41, 5.74) is 0. The number of halogens is 1. The van der Waals surface area contributed by atoms with Crippen LogP contribution in [0.1, 0.15) is 0 Å². The fraction of sp³-hybridized carbons (Fsp3) is 0. The summed E-state index contributed by atoms with van der Waals surface area (Å²) in [5.74, 6) is 0.420. The van der Waals surface area contributed by atoms with Gasteiger partial charge in [-0.2, -0.15) is 10.2 Å². The summed E-state index contributed by atoms with van der Waals surface area (Å²) in [7, 11) is 1.39. The lowest BCUT2D eigenvalue weighted by Gasteiger charge is -1.95. The van der Waals surface area contributed by atoms with Crippen LogP contribution in [0, 0.1) is 0 Å². The van der Waals surface area contributed by atoms with Crippen LogP contribution in [0.3, 0.4) is 0 Å². The standard InChI is InChI=1S/C7H5ClN4O2S/c8-15(13,14)6-4-10-12(5-6)7-2-1-3-9-11-7/h1-5H. The molecule has 8 heteroatoms. The van der Waals surface area contributed by atoms with Gasteiger partial charge in [0.05, 0.1) is 12.4 Å².